The minimum atomic E-state index is -0.156. The van der Waals surface area contributed by atoms with Crippen LogP contribution in [0, 0.1) is 0 Å². The molecule has 4 rings (SSSR count). The summed E-state index contributed by atoms with van der Waals surface area (Å²) in [5.74, 6) is 0.403. The van der Waals surface area contributed by atoms with Gasteiger partial charge in [-0.05, 0) is 65.1 Å². The molecule has 1 aliphatic heterocycles. The molecule has 1 N–H and O–H groups in total. The molecule has 2 amide bonds. The fraction of sp³-hybridized carbons (Fsp3) is 0.231. The smallest absolute Gasteiger partial charge is 0.255 e. The second-order valence-electron chi connectivity index (χ2n) is 8.81. The second-order valence-corrected chi connectivity index (χ2v) is 10.8. The largest absolute Gasteiger partial charge is 0.322 e. The molecular formula is C26H25BrN2O2S. The molecule has 1 heterocycles. The third-order valence-electron chi connectivity index (χ3n) is 5.44. The van der Waals surface area contributed by atoms with E-state index in [1.54, 1.807) is 23.9 Å². The maximum absolute atomic E-state index is 12.7. The monoisotopic (exact) mass is 508 g/mol. The molecule has 32 heavy (non-hydrogen) atoms. The Labute approximate surface area is 201 Å². The number of rotatable bonds is 4. The van der Waals surface area contributed by atoms with Gasteiger partial charge >= 0.3 is 0 Å². The second kappa shape index (κ2) is 9.12. The lowest BCUT2D eigenvalue weighted by Crippen LogP contribution is -2.28. The molecule has 0 aliphatic carbocycles. The number of halogens is 1. The van der Waals surface area contributed by atoms with E-state index < -0.39 is 0 Å². The number of nitrogens with zero attached hydrogens (tertiary/aromatic N) is 1. The molecule has 3 aromatic rings. The average molecular weight is 509 g/mol. The number of nitrogens with one attached hydrogen (secondary N) is 1. The Morgan fingerprint density at radius 2 is 1.59 bits per heavy atom. The molecular weight excluding hydrogens is 484 g/mol. The fourth-order valence-electron chi connectivity index (χ4n) is 3.61. The van der Waals surface area contributed by atoms with E-state index in [0.29, 0.717) is 11.3 Å². The maximum atomic E-state index is 12.7. The van der Waals surface area contributed by atoms with E-state index in [2.05, 4.69) is 54.2 Å². The Kier molecular flexibility index (Phi) is 6.45. The predicted octanol–water partition coefficient (Wildman–Crippen LogP) is 6.78. The van der Waals surface area contributed by atoms with Gasteiger partial charge in [0.15, 0.2) is 0 Å². The minimum Gasteiger partial charge on any atom is -0.322 e. The summed E-state index contributed by atoms with van der Waals surface area (Å²) in [5, 5.41) is 2.84. The van der Waals surface area contributed by atoms with E-state index in [4.69, 9.17) is 0 Å². The van der Waals surface area contributed by atoms with Crippen molar-refractivity contribution in [1.82, 2.24) is 0 Å². The van der Waals surface area contributed by atoms with Gasteiger partial charge < -0.3 is 5.32 Å². The quantitative estimate of drug-likeness (QED) is 0.422. The molecule has 3 aromatic carbocycles. The molecule has 0 bridgehead atoms. The van der Waals surface area contributed by atoms with Crippen molar-refractivity contribution in [1.29, 1.82) is 0 Å². The van der Waals surface area contributed by atoms with Crippen molar-refractivity contribution in [2.75, 3.05) is 16.0 Å². The maximum Gasteiger partial charge on any atom is 0.255 e. The molecule has 1 fully saturated rings. The van der Waals surface area contributed by atoms with Crippen LogP contribution in [0.2, 0.25) is 0 Å². The van der Waals surface area contributed by atoms with Crippen LogP contribution in [0.15, 0.2) is 77.3 Å². The van der Waals surface area contributed by atoms with E-state index >= 15 is 0 Å². The molecule has 6 heteroatoms. The highest BCUT2D eigenvalue weighted by atomic mass is 79.9. The van der Waals surface area contributed by atoms with Gasteiger partial charge in [-0.25, -0.2) is 0 Å². The zero-order valence-electron chi connectivity index (χ0n) is 18.3. The van der Waals surface area contributed by atoms with Crippen LogP contribution in [-0.4, -0.2) is 17.6 Å². The lowest BCUT2D eigenvalue weighted by molar-refractivity contribution is -0.115. The number of amides is 2. The summed E-state index contributed by atoms with van der Waals surface area (Å²) in [6, 6.07) is 23.2. The molecule has 1 aliphatic rings. The topological polar surface area (TPSA) is 49.4 Å². The summed E-state index contributed by atoms with van der Waals surface area (Å²) < 4.78 is 0.930. The normalized spacial score (nSPS) is 16.3. The van der Waals surface area contributed by atoms with Gasteiger partial charge in [-0.1, -0.05) is 61.0 Å². The van der Waals surface area contributed by atoms with E-state index in [9.17, 15) is 9.59 Å². The van der Waals surface area contributed by atoms with Crippen molar-refractivity contribution >= 4 is 50.9 Å². The summed E-state index contributed by atoms with van der Waals surface area (Å²) >= 11 is 5.00. The minimum absolute atomic E-state index is 0.0677. The van der Waals surface area contributed by atoms with Gasteiger partial charge in [-0.2, -0.15) is 0 Å². The molecule has 0 spiro atoms. The van der Waals surface area contributed by atoms with E-state index in [0.717, 1.165) is 21.4 Å². The van der Waals surface area contributed by atoms with Crippen LogP contribution in [-0.2, 0) is 10.2 Å². The molecule has 0 radical (unpaired) electrons. The molecule has 0 saturated carbocycles. The van der Waals surface area contributed by atoms with E-state index in [1.807, 2.05) is 53.4 Å². The summed E-state index contributed by atoms with van der Waals surface area (Å²) in [6.07, 6.45) is 0. The highest BCUT2D eigenvalue weighted by Gasteiger charge is 2.34. The Balaban J connectivity index is 1.50. The number of hydrogen-bond acceptors (Lipinski definition) is 3. The van der Waals surface area contributed by atoms with Gasteiger partial charge in [0, 0.05) is 21.4 Å². The highest BCUT2D eigenvalue weighted by molar-refractivity contribution is 9.10. The van der Waals surface area contributed by atoms with Crippen LogP contribution in [0.4, 0.5) is 11.4 Å². The average Bonchev–Trinajstić information content (AvgIpc) is 3.15. The number of hydrogen-bond donors (Lipinski definition) is 1. The van der Waals surface area contributed by atoms with Crippen LogP contribution in [0.1, 0.15) is 47.6 Å². The Hall–Kier alpha value is -2.57. The van der Waals surface area contributed by atoms with Crippen molar-refractivity contribution in [3.63, 3.8) is 0 Å². The van der Waals surface area contributed by atoms with Crippen molar-refractivity contribution in [2.24, 2.45) is 0 Å². The zero-order valence-corrected chi connectivity index (χ0v) is 20.7. The molecule has 164 valence electrons. The molecule has 4 nitrogen and oxygen atoms in total. The number of thioether (sulfide) groups is 1. The first kappa shape index (κ1) is 22.6. The molecule has 1 saturated heterocycles. The van der Waals surface area contributed by atoms with Crippen LogP contribution >= 0.6 is 27.7 Å². The van der Waals surface area contributed by atoms with Crippen LogP contribution in [0.25, 0.3) is 0 Å². The number of carbonyl (C=O) groups excluding carboxylic acids is 2. The van der Waals surface area contributed by atoms with Crippen molar-refractivity contribution in [3.05, 3.63) is 94.0 Å². The Morgan fingerprint density at radius 3 is 2.19 bits per heavy atom. The Morgan fingerprint density at radius 1 is 0.969 bits per heavy atom. The predicted molar refractivity (Wildman–Crippen MR) is 136 cm³/mol. The zero-order chi connectivity index (χ0) is 22.9. The van der Waals surface area contributed by atoms with Gasteiger partial charge in [0.25, 0.3) is 5.91 Å². The summed E-state index contributed by atoms with van der Waals surface area (Å²) in [6.45, 7) is 6.54. The van der Waals surface area contributed by atoms with Crippen molar-refractivity contribution in [3.8, 4) is 0 Å². The first-order valence-corrected chi connectivity index (χ1v) is 12.3. The standard InChI is InChI=1S/C26H25BrN2O2S/c1-26(2,3)19-8-14-22(15-9-19)29-23(30)16-32-25(29)18-6-12-21(13-7-18)28-24(31)17-4-10-20(27)11-5-17/h4-15,25H,16H2,1-3H3,(H,28,31)/t25-/m1/s1. The Bertz CT molecular complexity index is 1120. The third-order valence-corrected chi connectivity index (χ3v) is 7.18. The molecule has 0 aromatic heterocycles. The lowest BCUT2D eigenvalue weighted by Gasteiger charge is -2.26. The van der Waals surface area contributed by atoms with Gasteiger partial charge in [0.1, 0.15) is 5.37 Å². The summed E-state index contributed by atoms with van der Waals surface area (Å²) in [7, 11) is 0. The van der Waals surface area contributed by atoms with Gasteiger partial charge in [0.2, 0.25) is 5.91 Å². The van der Waals surface area contributed by atoms with Gasteiger partial charge in [-0.3, -0.25) is 14.5 Å². The number of anilines is 2. The van der Waals surface area contributed by atoms with Gasteiger partial charge in [-0.15, -0.1) is 11.8 Å². The lowest BCUT2D eigenvalue weighted by atomic mass is 9.87. The molecule has 1 atom stereocenters. The number of benzene rings is 3. The highest BCUT2D eigenvalue weighted by Crippen LogP contribution is 2.42. The molecule has 0 unspecified atom stereocenters. The number of carbonyl (C=O) groups is 2. The van der Waals surface area contributed by atoms with Crippen molar-refractivity contribution in [2.45, 2.75) is 31.6 Å². The van der Waals surface area contributed by atoms with E-state index in [-0.39, 0.29) is 22.6 Å². The van der Waals surface area contributed by atoms with E-state index in [1.165, 1.54) is 5.56 Å². The summed E-state index contributed by atoms with van der Waals surface area (Å²) in [5.41, 5.74) is 4.56. The summed E-state index contributed by atoms with van der Waals surface area (Å²) in [4.78, 5) is 27.0. The van der Waals surface area contributed by atoms with Crippen molar-refractivity contribution < 1.29 is 9.59 Å². The SMILES string of the molecule is CC(C)(C)c1ccc(N2C(=O)CS[C@@H]2c2ccc(NC(=O)c3ccc(Br)cc3)cc2)cc1. The first-order chi connectivity index (χ1) is 15.2. The fourth-order valence-corrected chi connectivity index (χ4v) is 5.05. The first-order valence-electron chi connectivity index (χ1n) is 10.4. The van der Waals surface area contributed by atoms with Crippen LogP contribution < -0.4 is 10.2 Å². The van der Waals surface area contributed by atoms with Crippen LogP contribution in [0.3, 0.4) is 0 Å². The van der Waals surface area contributed by atoms with Crippen LogP contribution in [0.5, 0.6) is 0 Å². The third kappa shape index (κ3) is 4.92. The van der Waals surface area contributed by atoms with Gasteiger partial charge in [0.05, 0.1) is 5.75 Å².